The van der Waals surface area contributed by atoms with Crippen LogP contribution in [0.15, 0.2) is 18.2 Å². The van der Waals surface area contributed by atoms with E-state index in [1.807, 2.05) is 25.1 Å². The zero-order valence-electron chi connectivity index (χ0n) is 11.7. The second-order valence-corrected chi connectivity index (χ2v) is 5.21. The van der Waals surface area contributed by atoms with Crippen molar-refractivity contribution in [1.82, 2.24) is 0 Å². The minimum absolute atomic E-state index is 0.195. The van der Waals surface area contributed by atoms with E-state index in [2.05, 4.69) is 0 Å². The first-order valence-corrected chi connectivity index (χ1v) is 6.53. The molecule has 1 fully saturated rings. The summed E-state index contributed by atoms with van der Waals surface area (Å²) in [6.07, 6.45) is 2.62. The average Bonchev–Trinajstić information content (AvgIpc) is 2.36. The van der Waals surface area contributed by atoms with Gasteiger partial charge in [-0.15, -0.1) is 0 Å². The van der Waals surface area contributed by atoms with Crippen molar-refractivity contribution in [2.45, 2.75) is 32.2 Å². The number of carbonyl (C=O) groups excluding carboxylic acids is 1. The number of nitrogens with two attached hydrogens (primary N) is 1. The van der Waals surface area contributed by atoms with Crippen molar-refractivity contribution in [2.75, 3.05) is 14.2 Å². The Hall–Kier alpha value is -1.55. The Balaban J connectivity index is 2.30. The highest BCUT2D eigenvalue weighted by Gasteiger charge is 2.50. The van der Waals surface area contributed by atoms with E-state index in [1.165, 1.54) is 7.11 Å². The number of hydrogen-bond donors (Lipinski definition) is 1. The predicted molar refractivity (Wildman–Crippen MR) is 73.0 cm³/mol. The van der Waals surface area contributed by atoms with Crippen molar-refractivity contribution >= 4 is 5.97 Å². The van der Waals surface area contributed by atoms with Crippen molar-refractivity contribution in [2.24, 2.45) is 11.1 Å². The fourth-order valence-electron chi connectivity index (χ4n) is 2.82. The first kappa shape index (κ1) is 13.9. The smallest absolute Gasteiger partial charge is 0.313 e. The number of carbonyl (C=O) groups is 1. The van der Waals surface area contributed by atoms with Gasteiger partial charge in [-0.3, -0.25) is 4.79 Å². The molecule has 4 nitrogen and oxygen atoms in total. The largest absolute Gasteiger partial charge is 0.496 e. The molecule has 0 radical (unpaired) electrons. The average molecular weight is 263 g/mol. The lowest BCUT2D eigenvalue weighted by atomic mass is 9.62. The number of hydrogen-bond acceptors (Lipinski definition) is 4. The third-order valence-electron chi connectivity index (χ3n) is 4.21. The molecule has 1 atom stereocenters. The lowest BCUT2D eigenvalue weighted by Gasteiger charge is -2.43. The van der Waals surface area contributed by atoms with Gasteiger partial charge in [0.05, 0.1) is 19.6 Å². The van der Waals surface area contributed by atoms with E-state index in [9.17, 15) is 4.79 Å². The van der Waals surface area contributed by atoms with Crippen LogP contribution < -0.4 is 10.5 Å². The molecule has 1 unspecified atom stereocenters. The van der Waals surface area contributed by atoms with Gasteiger partial charge in [0.25, 0.3) is 0 Å². The topological polar surface area (TPSA) is 61.5 Å². The molecule has 4 heteroatoms. The zero-order chi connectivity index (χ0) is 14.0. The standard InChI is InChI=1S/C15H21NO3/c1-10-9-11(5-6-12(10)18-2)13(16)15(7-4-8-15)14(17)19-3/h5-6,9,13H,4,7-8,16H2,1-3H3. The molecule has 0 amide bonds. The van der Waals surface area contributed by atoms with Crippen LogP contribution in [0.5, 0.6) is 5.75 Å². The molecule has 1 saturated carbocycles. The molecule has 0 heterocycles. The molecule has 1 aromatic rings. The number of ether oxygens (including phenoxy) is 2. The van der Waals surface area contributed by atoms with Crippen molar-refractivity contribution in [3.05, 3.63) is 29.3 Å². The van der Waals surface area contributed by atoms with Crippen molar-refractivity contribution in [3.8, 4) is 5.75 Å². The van der Waals surface area contributed by atoms with Gasteiger partial charge >= 0.3 is 5.97 Å². The maximum absolute atomic E-state index is 12.0. The summed E-state index contributed by atoms with van der Waals surface area (Å²) in [7, 11) is 3.07. The Labute approximate surface area is 113 Å². The molecule has 1 aliphatic rings. The van der Waals surface area contributed by atoms with Gasteiger partial charge in [0.1, 0.15) is 5.75 Å². The molecule has 0 saturated heterocycles. The highest BCUT2D eigenvalue weighted by Crippen LogP contribution is 2.50. The maximum Gasteiger partial charge on any atom is 0.313 e. The number of esters is 1. The van der Waals surface area contributed by atoms with Crippen LogP contribution in [0.4, 0.5) is 0 Å². The second kappa shape index (κ2) is 5.21. The Morgan fingerprint density at radius 2 is 2.05 bits per heavy atom. The van der Waals surface area contributed by atoms with E-state index in [1.54, 1.807) is 7.11 Å². The van der Waals surface area contributed by atoms with Crippen molar-refractivity contribution in [1.29, 1.82) is 0 Å². The summed E-state index contributed by atoms with van der Waals surface area (Å²) < 4.78 is 10.2. The quantitative estimate of drug-likeness (QED) is 0.847. The SMILES string of the molecule is COC(=O)C1(C(N)c2ccc(OC)c(C)c2)CCC1. The van der Waals surface area contributed by atoms with Crippen LogP contribution >= 0.6 is 0 Å². The molecule has 0 aromatic heterocycles. The summed E-state index contributed by atoms with van der Waals surface area (Å²) in [5.74, 6) is 0.636. The van der Waals surface area contributed by atoms with Gasteiger partial charge in [-0.1, -0.05) is 18.6 Å². The molecular weight excluding hydrogens is 242 g/mol. The van der Waals surface area contributed by atoms with Gasteiger partial charge in [0.15, 0.2) is 0 Å². The zero-order valence-corrected chi connectivity index (χ0v) is 11.7. The fraction of sp³-hybridized carbons (Fsp3) is 0.533. The van der Waals surface area contributed by atoms with E-state index in [0.717, 1.165) is 36.1 Å². The van der Waals surface area contributed by atoms with Crippen LogP contribution in [-0.4, -0.2) is 20.2 Å². The Bertz CT molecular complexity index is 480. The first-order valence-electron chi connectivity index (χ1n) is 6.53. The number of methoxy groups -OCH3 is 2. The van der Waals surface area contributed by atoms with Gasteiger partial charge in [-0.2, -0.15) is 0 Å². The molecular formula is C15H21NO3. The Morgan fingerprint density at radius 1 is 1.37 bits per heavy atom. The molecule has 1 aliphatic carbocycles. The van der Waals surface area contributed by atoms with Crippen LogP contribution in [0, 0.1) is 12.3 Å². The highest BCUT2D eigenvalue weighted by molar-refractivity contribution is 5.79. The third kappa shape index (κ3) is 2.21. The molecule has 0 bridgehead atoms. The Morgan fingerprint density at radius 3 is 2.47 bits per heavy atom. The first-order chi connectivity index (χ1) is 9.05. The van der Waals surface area contributed by atoms with E-state index in [-0.39, 0.29) is 12.0 Å². The van der Waals surface area contributed by atoms with E-state index < -0.39 is 5.41 Å². The number of rotatable bonds is 4. The highest BCUT2D eigenvalue weighted by atomic mass is 16.5. The lowest BCUT2D eigenvalue weighted by molar-refractivity contribution is -0.160. The number of benzene rings is 1. The van der Waals surface area contributed by atoms with E-state index in [4.69, 9.17) is 15.2 Å². The van der Waals surface area contributed by atoms with Crippen LogP contribution in [0.25, 0.3) is 0 Å². The van der Waals surface area contributed by atoms with Gasteiger partial charge in [0, 0.05) is 6.04 Å². The van der Waals surface area contributed by atoms with E-state index >= 15 is 0 Å². The monoisotopic (exact) mass is 263 g/mol. The van der Waals surface area contributed by atoms with Gasteiger partial charge < -0.3 is 15.2 Å². The summed E-state index contributed by atoms with van der Waals surface area (Å²) in [6, 6.07) is 5.50. The fourth-order valence-corrected chi connectivity index (χ4v) is 2.82. The summed E-state index contributed by atoms with van der Waals surface area (Å²) >= 11 is 0. The summed E-state index contributed by atoms with van der Waals surface area (Å²) in [5.41, 5.74) is 7.77. The van der Waals surface area contributed by atoms with Crippen molar-refractivity contribution < 1.29 is 14.3 Å². The molecule has 2 rings (SSSR count). The third-order valence-corrected chi connectivity index (χ3v) is 4.21. The molecule has 2 N–H and O–H groups in total. The van der Waals surface area contributed by atoms with Crippen LogP contribution in [0.2, 0.25) is 0 Å². The number of aryl methyl sites for hydroxylation is 1. The van der Waals surface area contributed by atoms with Crippen LogP contribution in [0.1, 0.15) is 36.4 Å². The van der Waals surface area contributed by atoms with Gasteiger partial charge in [0.2, 0.25) is 0 Å². The Kier molecular flexibility index (Phi) is 3.80. The summed E-state index contributed by atoms with van der Waals surface area (Å²) in [4.78, 5) is 12.0. The van der Waals surface area contributed by atoms with Gasteiger partial charge in [-0.25, -0.2) is 0 Å². The van der Waals surface area contributed by atoms with Crippen LogP contribution in [0.3, 0.4) is 0 Å². The molecule has 1 aromatic carbocycles. The minimum Gasteiger partial charge on any atom is -0.496 e. The normalized spacial score (nSPS) is 18.3. The molecule has 0 aliphatic heterocycles. The second-order valence-electron chi connectivity index (χ2n) is 5.21. The molecule has 0 spiro atoms. The minimum atomic E-state index is -0.546. The maximum atomic E-state index is 12.0. The molecule has 104 valence electrons. The van der Waals surface area contributed by atoms with Gasteiger partial charge in [-0.05, 0) is 37.0 Å². The predicted octanol–water partition coefficient (Wildman–Crippen LogP) is 2.35. The molecule has 19 heavy (non-hydrogen) atoms. The summed E-state index contributed by atoms with van der Waals surface area (Å²) in [5, 5.41) is 0. The summed E-state index contributed by atoms with van der Waals surface area (Å²) in [6.45, 7) is 1.97. The van der Waals surface area contributed by atoms with E-state index in [0.29, 0.717) is 0 Å². The van der Waals surface area contributed by atoms with Crippen LogP contribution in [-0.2, 0) is 9.53 Å². The lowest BCUT2D eigenvalue weighted by Crippen LogP contribution is -2.47. The van der Waals surface area contributed by atoms with Crippen molar-refractivity contribution in [3.63, 3.8) is 0 Å².